The first-order valence-corrected chi connectivity index (χ1v) is 12.3. The van der Waals surface area contributed by atoms with Crippen LogP contribution in [0.2, 0.25) is 10.0 Å². The number of nitrogens with zero attached hydrogens (tertiary/aromatic N) is 3. The van der Waals surface area contributed by atoms with Gasteiger partial charge in [-0.25, -0.2) is 0 Å². The summed E-state index contributed by atoms with van der Waals surface area (Å²) in [6.07, 6.45) is 3.75. The molecule has 0 atom stereocenters. The SMILES string of the molecule is CCN1CCC(COc2ccc3c(Nc4cc(OC)c(Cl)cc4Cl)c(C#N)cnc3c2OC)CC1. The van der Waals surface area contributed by atoms with Gasteiger partial charge < -0.3 is 24.4 Å². The fourth-order valence-electron chi connectivity index (χ4n) is 4.34. The van der Waals surface area contributed by atoms with Gasteiger partial charge in [0.25, 0.3) is 0 Å². The Bertz CT molecular complexity index is 1250. The third-order valence-electron chi connectivity index (χ3n) is 6.41. The molecule has 1 aliphatic rings. The summed E-state index contributed by atoms with van der Waals surface area (Å²) < 4.78 is 17.2. The summed E-state index contributed by atoms with van der Waals surface area (Å²) >= 11 is 12.6. The summed E-state index contributed by atoms with van der Waals surface area (Å²) in [5.41, 5.74) is 2.06. The Kier molecular flexibility index (Phi) is 8.07. The number of anilines is 2. The van der Waals surface area contributed by atoms with E-state index < -0.39 is 0 Å². The summed E-state index contributed by atoms with van der Waals surface area (Å²) in [6, 6.07) is 9.22. The van der Waals surface area contributed by atoms with E-state index in [0.29, 0.717) is 67.7 Å². The highest BCUT2D eigenvalue weighted by Crippen LogP contribution is 2.41. The minimum absolute atomic E-state index is 0.362. The number of nitriles is 1. The van der Waals surface area contributed by atoms with Gasteiger partial charge >= 0.3 is 0 Å². The summed E-state index contributed by atoms with van der Waals surface area (Å²) in [7, 11) is 3.12. The van der Waals surface area contributed by atoms with Crippen molar-refractivity contribution in [2.24, 2.45) is 5.92 Å². The molecule has 1 N–H and O–H groups in total. The highest BCUT2D eigenvalue weighted by Gasteiger charge is 2.21. The molecule has 1 aromatic heterocycles. The first-order chi connectivity index (χ1) is 17.0. The number of halogens is 2. The van der Waals surface area contributed by atoms with Gasteiger partial charge in [0.1, 0.15) is 17.3 Å². The van der Waals surface area contributed by atoms with Crippen LogP contribution in [0.1, 0.15) is 25.3 Å². The molecule has 0 bridgehead atoms. The molecular weight excluding hydrogens is 487 g/mol. The second-order valence-corrected chi connectivity index (χ2v) is 9.25. The fourth-order valence-corrected chi connectivity index (χ4v) is 4.85. The van der Waals surface area contributed by atoms with Crippen LogP contribution < -0.4 is 19.5 Å². The molecule has 0 spiro atoms. The van der Waals surface area contributed by atoms with Crippen molar-refractivity contribution < 1.29 is 14.2 Å². The first kappa shape index (κ1) is 25.2. The lowest BCUT2D eigenvalue weighted by atomic mass is 9.98. The number of fused-ring (bicyclic) bond motifs is 1. The van der Waals surface area contributed by atoms with Crippen LogP contribution in [-0.2, 0) is 0 Å². The number of piperidine rings is 1. The lowest BCUT2D eigenvalue weighted by Gasteiger charge is -2.30. The number of likely N-dealkylation sites (tertiary alicyclic amines) is 1. The van der Waals surface area contributed by atoms with E-state index in [0.717, 1.165) is 32.5 Å². The van der Waals surface area contributed by atoms with Gasteiger partial charge in [0.2, 0.25) is 0 Å². The number of nitrogens with one attached hydrogen (secondary N) is 1. The van der Waals surface area contributed by atoms with Crippen molar-refractivity contribution in [3.63, 3.8) is 0 Å². The van der Waals surface area contributed by atoms with Gasteiger partial charge in [-0.15, -0.1) is 0 Å². The van der Waals surface area contributed by atoms with Crippen molar-refractivity contribution in [1.82, 2.24) is 9.88 Å². The maximum Gasteiger partial charge on any atom is 0.187 e. The molecule has 0 aliphatic carbocycles. The molecule has 9 heteroatoms. The Morgan fingerprint density at radius 2 is 1.89 bits per heavy atom. The van der Waals surface area contributed by atoms with Crippen LogP contribution in [0.5, 0.6) is 17.2 Å². The molecule has 0 unspecified atom stereocenters. The van der Waals surface area contributed by atoms with E-state index in [-0.39, 0.29) is 0 Å². The Labute approximate surface area is 215 Å². The van der Waals surface area contributed by atoms with Crippen molar-refractivity contribution in [2.45, 2.75) is 19.8 Å². The van der Waals surface area contributed by atoms with Crippen molar-refractivity contribution in [3.8, 4) is 23.3 Å². The minimum atomic E-state index is 0.362. The second-order valence-electron chi connectivity index (χ2n) is 8.43. The molecular formula is C26H28Cl2N4O3. The zero-order chi connectivity index (χ0) is 24.9. The van der Waals surface area contributed by atoms with E-state index in [4.69, 9.17) is 37.4 Å². The van der Waals surface area contributed by atoms with Crippen molar-refractivity contribution in [2.75, 3.05) is 45.8 Å². The monoisotopic (exact) mass is 514 g/mol. The largest absolute Gasteiger partial charge is 0.495 e. The molecule has 35 heavy (non-hydrogen) atoms. The number of rotatable bonds is 8. The van der Waals surface area contributed by atoms with Crippen molar-refractivity contribution in [1.29, 1.82) is 5.26 Å². The Morgan fingerprint density at radius 3 is 2.54 bits per heavy atom. The highest BCUT2D eigenvalue weighted by molar-refractivity contribution is 6.37. The molecule has 3 aromatic rings. The van der Waals surface area contributed by atoms with Gasteiger partial charge in [-0.1, -0.05) is 30.1 Å². The maximum atomic E-state index is 9.75. The third kappa shape index (κ3) is 5.35. The van der Waals surface area contributed by atoms with Crippen LogP contribution in [0.4, 0.5) is 11.4 Å². The van der Waals surface area contributed by atoms with Gasteiger partial charge in [-0.05, 0) is 56.6 Å². The fraction of sp³-hybridized carbons (Fsp3) is 0.385. The van der Waals surface area contributed by atoms with Crippen LogP contribution >= 0.6 is 23.2 Å². The summed E-state index contributed by atoms with van der Waals surface area (Å²) in [6.45, 7) is 6.12. The number of methoxy groups -OCH3 is 2. The standard InChI is InChI=1S/C26H28Cl2N4O3/c1-4-32-9-7-16(8-10-32)15-35-22-6-5-18-24(17(13-29)14-30-25(18)26(22)34-3)31-21-12-23(33-2)20(28)11-19(21)27/h5-6,11-12,14,16H,4,7-10,15H2,1-3H3,(H,30,31). The van der Waals surface area contributed by atoms with E-state index in [9.17, 15) is 5.26 Å². The van der Waals surface area contributed by atoms with Crippen LogP contribution in [-0.4, -0.2) is 50.3 Å². The van der Waals surface area contributed by atoms with E-state index in [1.165, 1.54) is 13.3 Å². The van der Waals surface area contributed by atoms with E-state index in [1.807, 2.05) is 12.1 Å². The second kappa shape index (κ2) is 11.2. The predicted molar refractivity (Wildman–Crippen MR) is 140 cm³/mol. The minimum Gasteiger partial charge on any atom is -0.495 e. The van der Waals surface area contributed by atoms with Crippen LogP contribution in [0, 0.1) is 17.2 Å². The van der Waals surface area contributed by atoms with Crippen molar-refractivity contribution >= 4 is 45.5 Å². The third-order valence-corrected chi connectivity index (χ3v) is 7.02. The lowest BCUT2D eigenvalue weighted by Crippen LogP contribution is -2.35. The Hall–Kier alpha value is -2.92. The summed E-state index contributed by atoms with van der Waals surface area (Å²) in [4.78, 5) is 6.98. The smallest absolute Gasteiger partial charge is 0.187 e. The first-order valence-electron chi connectivity index (χ1n) is 11.5. The maximum absolute atomic E-state index is 9.75. The molecule has 1 fully saturated rings. The molecule has 0 radical (unpaired) electrons. The summed E-state index contributed by atoms with van der Waals surface area (Å²) in [5, 5.41) is 14.5. The van der Waals surface area contributed by atoms with Gasteiger partial charge in [0, 0.05) is 17.6 Å². The number of hydrogen-bond donors (Lipinski definition) is 1. The average molecular weight is 515 g/mol. The molecule has 0 saturated carbocycles. The van der Waals surface area contributed by atoms with E-state index in [2.05, 4.69) is 28.2 Å². The van der Waals surface area contributed by atoms with E-state index in [1.54, 1.807) is 19.2 Å². The molecule has 2 heterocycles. The average Bonchev–Trinajstić information content (AvgIpc) is 2.88. The van der Waals surface area contributed by atoms with Crippen LogP contribution in [0.25, 0.3) is 10.9 Å². The molecule has 7 nitrogen and oxygen atoms in total. The normalized spacial score (nSPS) is 14.5. The zero-order valence-electron chi connectivity index (χ0n) is 20.0. The van der Waals surface area contributed by atoms with E-state index >= 15 is 0 Å². The van der Waals surface area contributed by atoms with Crippen LogP contribution in [0.15, 0.2) is 30.5 Å². The van der Waals surface area contributed by atoms with Gasteiger partial charge in [-0.3, -0.25) is 4.98 Å². The summed E-state index contributed by atoms with van der Waals surface area (Å²) in [5.74, 6) is 2.13. The quantitative estimate of drug-likeness (QED) is 0.378. The number of pyridine rings is 1. The molecule has 1 saturated heterocycles. The van der Waals surface area contributed by atoms with Crippen molar-refractivity contribution in [3.05, 3.63) is 46.1 Å². The zero-order valence-corrected chi connectivity index (χ0v) is 21.5. The number of benzene rings is 2. The molecule has 4 rings (SSSR count). The van der Waals surface area contributed by atoms with Crippen LogP contribution in [0.3, 0.4) is 0 Å². The van der Waals surface area contributed by atoms with Gasteiger partial charge in [-0.2, -0.15) is 5.26 Å². The lowest BCUT2D eigenvalue weighted by molar-refractivity contribution is 0.144. The number of hydrogen-bond acceptors (Lipinski definition) is 7. The highest BCUT2D eigenvalue weighted by atomic mass is 35.5. The molecule has 0 amide bonds. The predicted octanol–water partition coefficient (Wildman–Crippen LogP) is 6.28. The number of ether oxygens (including phenoxy) is 3. The molecule has 1 aliphatic heterocycles. The number of aromatic nitrogens is 1. The molecule has 2 aromatic carbocycles. The van der Waals surface area contributed by atoms with Gasteiger partial charge in [0.05, 0.1) is 47.8 Å². The Morgan fingerprint density at radius 1 is 1.11 bits per heavy atom. The van der Waals surface area contributed by atoms with Gasteiger partial charge in [0.15, 0.2) is 11.5 Å². The Balaban J connectivity index is 1.66. The topological polar surface area (TPSA) is 79.6 Å². The molecule has 184 valence electrons.